The number of nitrogen functional groups attached to an aromatic ring is 1. The second kappa shape index (κ2) is 8.18. The first-order valence-electron chi connectivity index (χ1n) is 9.28. The molecule has 0 unspecified atom stereocenters. The molecule has 0 spiro atoms. The number of anilines is 1. The van der Waals surface area contributed by atoms with Crippen LogP contribution in [0.2, 0.25) is 0 Å². The number of thioether (sulfide) groups is 1. The lowest BCUT2D eigenvalue weighted by Crippen LogP contribution is -2.38. The fourth-order valence-electron chi connectivity index (χ4n) is 3.78. The lowest BCUT2D eigenvalue weighted by molar-refractivity contribution is -0.166. The third-order valence-electron chi connectivity index (χ3n) is 5.34. The number of hydrogen-bond acceptors (Lipinski definition) is 7. The lowest BCUT2D eigenvalue weighted by Gasteiger charge is -2.37. The van der Waals surface area contributed by atoms with E-state index in [1.165, 1.54) is 11.8 Å². The number of nitrogens with zero attached hydrogens (tertiary/aromatic N) is 2. The Morgan fingerprint density at radius 1 is 1.48 bits per heavy atom. The molecular weight excluding hydrogens is 373 g/mol. The van der Waals surface area contributed by atoms with Gasteiger partial charge in [-0.25, -0.2) is 14.0 Å². The molecule has 1 saturated carbocycles. The molecule has 7 nitrogen and oxygen atoms in total. The van der Waals surface area contributed by atoms with Gasteiger partial charge >= 0.3 is 11.7 Å². The molecule has 3 rings (SSSR count). The highest BCUT2D eigenvalue weighted by atomic mass is 32.2. The zero-order valence-corrected chi connectivity index (χ0v) is 16.6. The number of esters is 1. The Kier molecular flexibility index (Phi) is 6.10. The first kappa shape index (κ1) is 20.1. The van der Waals surface area contributed by atoms with Crippen molar-refractivity contribution in [2.24, 2.45) is 17.8 Å². The summed E-state index contributed by atoms with van der Waals surface area (Å²) in [4.78, 5) is 28.0. The quantitative estimate of drug-likeness (QED) is 0.777. The zero-order chi connectivity index (χ0) is 19.7. The van der Waals surface area contributed by atoms with Crippen LogP contribution in [0, 0.1) is 23.6 Å². The molecule has 2 aliphatic rings. The third kappa shape index (κ3) is 4.45. The van der Waals surface area contributed by atoms with Crippen molar-refractivity contribution >= 4 is 23.5 Å². The molecule has 0 aromatic carbocycles. The fourth-order valence-corrected chi connectivity index (χ4v) is 4.76. The van der Waals surface area contributed by atoms with Crippen LogP contribution in [0.5, 0.6) is 0 Å². The third-order valence-corrected chi connectivity index (χ3v) is 6.42. The topological polar surface area (TPSA) is 96.4 Å². The van der Waals surface area contributed by atoms with Crippen LogP contribution >= 0.6 is 11.8 Å². The predicted octanol–water partition coefficient (Wildman–Crippen LogP) is 2.56. The van der Waals surface area contributed by atoms with E-state index >= 15 is 0 Å². The maximum Gasteiger partial charge on any atom is 0.351 e. The normalized spacial score (nSPS) is 31.2. The van der Waals surface area contributed by atoms with E-state index in [1.807, 2.05) is 0 Å². The molecule has 0 amide bonds. The van der Waals surface area contributed by atoms with E-state index in [-0.39, 0.29) is 6.10 Å². The lowest BCUT2D eigenvalue weighted by atomic mass is 9.75. The van der Waals surface area contributed by atoms with Gasteiger partial charge in [-0.05, 0) is 30.6 Å². The van der Waals surface area contributed by atoms with Gasteiger partial charge in [0.15, 0.2) is 11.6 Å². The Hall–Kier alpha value is -1.61. The summed E-state index contributed by atoms with van der Waals surface area (Å²) < 4.78 is 26.1. The van der Waals surface area contributed by atoms with E-state index in [9.17, 15) is 14.0 Å². The van der Waals surface area contributed by atoms with E-state index in [1.54, 1.807) is 0 Å². The van der Waals surface area contributed by atoms with Gasteiger partial charge in [0, 0.05) is 5.75 Å². The predicted molar refractivity (Wildman–Crippen MR) is 100 cm³/mol. The number of rotatable bonds is 4. The van der Waals surface area contributed by atoms with E-state index in [2.05, 4.69) is 25.8 Å². The highest BCUT2D eigenvalue weighted by molar-refractivity contribution is 8.00. The van der Waals surface area contributed by atoms with Gasteiger partial charge in [-0.2, -0.15) is 4.98 Å². The minimum atomic E-state index is -0.840. The van der Waals surface area contributed by atoms with Crippen LogP contribution in [-0.4, -0.2) is 32.8 Å². The van der Waals surface area contributed by atoms with Crippen molar-refractivity contribution in [3.8, 4) is 0 Å². The first-order chi connectivity index (χ1) is 12.8. The van der Waals surface area contributed by atoms with Crippen LogP contribution < -0.4 is 11.4 Å². The van der Waals surface area contributed by atoms with Crippen molar-refractivity contribution in [1.29, 1.82) is 0 Å². The van der Waals surface area contributed by atoms with Crippen molar-refractivity contribution in [3.05, 3.63) is 22.5 Å². The van der Waals surface area contributed by atoms with Crippen LogP contribution in [-0.2, 0) is 14.3 Å². The van der Waals surface area contributed by atoms with Gasteiger partial charge in [0.1, 0.15) is 12.3 Å². The average molecular weight is 399 g/mol. The van der Waals surface area contributed by atoms with Gasteiger partial charge in [-0.1, -0.05) is 27.2 Å². The minimum Gasteiger partial charge on any atom is -0.459 e. The zero-order valence-electron chi connectivity index (χ0n) is 15.8. The molecule has 1 aliphatic heterocycles. The highest BCUT2D eigenvalue weighted by Gasteiger charge is 2.39. The maximum absolute atomic E-state index is 13.6. The summed E-state index contributed by atoms with van der Waals surface area (Å²) in [6.07, 6.45) is 3.09. The number of nitrogens with two attached hydrogens (primary N) is 1. The van der Waals surface area contributed by atoms with Crippen LogP contribution in [0.1, 0.15) is 46.3 Å². The largest absolute Gasteiger partial charge is 0.459 e. The van der Waals surface area contributed by atoms with E-state index in [4.69, 9.17) is 15.2 Å². The molecule has 5 atom stereocenters. The number of carbonyl (C=O) groups excluding carboxylic acids is 1. The van der Waals surface area contributed by atoms with Gasteiger partial charge < -0.3 is 15.2 Å². The Balaban J connectivity index is 1.65. The maximum atomic E-state index is 13.6. The van der Waals surface area contributed by atoms with Crippen LogP contribution in [0.15, 0.2) is 11.0 Å². The highest BCUT2D eigenvalue weighted by Crippen LogP contribution is 2.37. The second-order valence-electron chi connectivity index (χ2n) is 7.72. The summed E-state index contributed by atoms with van der Waals surface area (Å²) in [6, 6.07) is 0. The number of ether oxygens (including phenoxy) is 2. The summed E-state index contributed by atoms with van der Waals surface area (Å²) in [6.45, 7) is 6.46. The molecule has 0 bridgehead atoms. The van der Waals surface area contributed by atoms with Crippen molar-refractivity contribution in [2.45, 2.75) is 57.8 Å². The molecular formula is C18H26FN3O4S. The molecule has 2 fully saturated rings. The van der Waals surface area contributed by atoms with Gasteiger partial charge in [0.05, 0.1) is 6.20 Å². The number of halogens is 1. The van der Waals surface area contributed by atoms with E-state index < -0.39 is 35.0 Å². The van der Waals surface area contributed by atoms with Gasteiger partial charge in [-0.3, -0.25) is 4.57 Å². The molecule has 150 valence electrons. The Labute approximate surface area is 161 Å². The molecule has 2 N–H and O–H groups in total. The monoisotopic (exact) mass is 399 g/mol. The Bertz CT molecular complexity index is 757. The van der Waals surface area contributed by atoms with Crippen LogP contribution in [0.25, 0.3) is 0 Å². The summed E-state index contributed by atoms with van der Waals surface area (Å²) in [5, 5.41) is 0. The molecule has 0 radical (unpaired) electrons. The molecule has 9 heteroatoms. The van der Waals surface area contributed by atoms with Gasteiger partial charge in [0.25, 0.3) is 0 Å². The smallest absolute Gasteiger partial charge is 0.351 e. The Morgan fingerprint density at radius 2 is 2.22 bits per heavy atom. The van der Waals surface area contributed by atoms with Crippen molar-refractivity contribution < 1.29 is 18.7 Å². The standard InChI is InChI=1S/C18H26FN3O4S/c1-9(2)11-5-4-10(3)6-13(11)25-16(23)17-26-14(8-27-17)22-7-12(19)15(20)21-18(22)24/h7,9-11,13-14,17H,4-6,8H2,1-3H3,(H2,20,21,24)/t10-,11-,13+,14-,17+/m0/s1. The van der Waals surface area contributed by atoms with Crippen molar-refractivity contribution in [1.82, 2.24) is 9.55 Å². The van der Waals surface area contributed by atoms with Gasteiger partial charge in [0.2, 0.25) is 5.44 Å². The average Bonchev–Trinajstić information content (AvgIpc) is 3.08. The van der Waals surface area contributed by atoms with Gasteiger partial charge in [-0.15, -0.1) is 11.8 Å². The second-order valence-corrected chi connectivity index (χ2v) is 8.82. The molecule has 27 heavy (non-hydrogen) atoms. The fraction of sp³-hybridized carbons (Fsp3) is 0.722. The summed E-state index contributed by atoms with van der Waals surface area (Å²) in [5.74, 6) is -0.0872. The molecule has 1 aromatic heterocycles. The minimum absolute atomic E-state index is 0.122. The summed E-state index contributed by atoms with van der Waals surface area (Å²) in [5.41, 5.74) is 3.74. The van der Waals surface area contributed by atoms with Crippen LogP contribution in [0.4, 0.5) is 10.2 Å². The van der Waals surface area contributed by atoms with E-state index in [0.717, 1.165) is 30.0 Å². The van der Waals surface area contributed by atoms with Crippen molar-refractivity contribution in [2.75, 3.05) is 11.5 Å². The molecule has 1 aliphatic carbocycles. The summed E-state index contributed by atoms with van der Waals surface area (Å²) >= 11 is 1.23. The molecule has 1 aromatic rings. The molecule has 2 heterocycles. The summed E-state index contributed by atoms with van der Waals surface area (Å²) in [7, 11) is 0. The Morgan fingerprint density at radius 3 is 2.93 bits per heavy atom. The van der Waals surface area contributed by atoms with Crippen LogP contribution in [0.3, 0.4) is 0 Å². The number of carbonyl (C=O) groups is 1. The SMILES string of the molecule is CC(C)[C@@H]1CC[C@H](C)C[C@H]1OC(=O)[C@@H]1O[C@H](n2cc(F)c(N)nc2=O)CS1. The number of aromatic nitrogens is 2. The molecule has 1 saturated heterocycles. The van der Waals surface area contributed by atoms with Crippen molar-refractivity contribution in [3.63, 3.8) is 0 Å². The number of hydrogen-bond donors (Lipinski definition) is 1. The first-order valence-corrected chi connectivity index (χ1v) is 10.3. The van der Waals surface area contributed by atoms with E-state index in [0.29, 0.717) is 23.5 Å².